The predicted octanol–water partition coefficient (Wildman–Crippen LogP) is 3.56. The van der Waals surface area contributed by atoms with Crippen LogP contribution in [-0.4, -0.2) is 11.9 Å². The van der Waals surface area contributed by atoms with Crippen LogP contribution >= 0.6 is 0 Å². The number of carbonyl (C=O) groups excluding carboxylic acids is 1. The fourth-order valence-electron chi connectivity index (χ4n) is 2.67. The number of benzene rings is 2. The molecule has 0 radical (unpaired) electrons. The van der Waals surface area contributed by atoms with Crippen molar-refractivity contribution in [3.63, 3.8) is 0 Å². The van der Waals surface area contributed by atoms with Crippen LogP contribution in [0.25, 0.3) is 0 Å². The van der Waals surface area contributed by atoms with Gasteiger partial charge in [-0.15, -0.1) is 0 Å². The van der Waals surface area contributed by atoms with Gasteiger partial charge in [0, 0.05) is 17.8 Å². The van der Waals surface area contributed by atoms with E-state index in [1.165, 1.54) is 6.07 Å². The molecule has 102 valence electrons. The Balaban J connectivity index is 2.03. The van der Waals surface area contributed by atoms with Crippen molar-refractivity contribution >= 4 is 11.6 Å². The molecule has 2 aromatic carbocycles. The molecule has 1 aliphatic heterocycles. The summed E-state index contributed by atoms with van der Waals surface area (Å²) in [6.07, 6.45) is 0.741. The lowest BCUT2D eigenvalue weighted by atomic mass is 10.1. The molecule has 1 aliphatic rings. The molecule has 0 unspecified atom stereocenters. The van der Waals surface area contributed by atoms with Crippen LogP contribution in [0, 0.1) is 11.6 Å². The molecular formula is C16H13F2NO. The first-order chi connectivity index (χ1) is 9.58. The standard InChI is InChI=1S/C16H13F2NO/c1-10-8-11-4-2-3-5-15(11)19(10)16(20)13-7-6-12(17)9-14(13)18/h2-7,9-10H,8H2,1H3/t10-/m0/s1. The Bertz CT molecular complexity index is 684. The minimum atomic E-state index is -0.827. The first kappa shape index (κ1) is 12.8. The number of halogens is 2. The molecule has 0 aliphatic carbocycles. The van der Waals surface area contributed by atoms with Crippen molar-refractivity contribution in [3.8, 4) is 0 Å². The summed E-state index contributed by atoms with van der Waals surface area (Å²) in [7, 11) is 0. The molecule has 1 atom stereocenters. The highest BCUT2D eigenvalue weighted by molar-refractivity contribution is 6.07. The predicted molar refractivity (Wildman–Crippen MR) is 72.8 cm³/mol. The van der Waals surface area contributed by atoms with E-state index in [1.807, 2.05) is 31.2 Å². The number of hydrogen-bond acceptors (Lipinski definition) is 1. The fraction of sp³-hybridized carbons (Fsp3) is 0.188. The van der Waals surface area contributed by atoms with E-state index in [-0.39, 0.29) is 11.6 Å². The second-order valence-electron chi connectivity index (χ2n) is 4.98. The third-order valence-corrected chi connectivity index (χ3v) is 3.59. The largest absolute Gasteiger partial charge is 0.305 e. The van der Waals surface area contributed by atoms with Crippen LogP contribution in [0.4, 0.5) is 14.5 Å². The number of nitrogens with zero attached hydrogens (tertiary/aromatic N) is 1. The van der Waals surface area contributed by atoms with E-state index in [2.05, 4.69) is 0 Å². The van der Waals surface area contributed by atoms with Gasteiger partial charge in [-0.1, -0.05) is 18.2 Å². The second-order valence-corrected chi connectivity index (χ2v) is 4.98. The molecule has 20 heavy (non-hydrogen) atoms. The Kier molecular flexibility index (Phi) is 3.01. The molecule has 0 bridgehead atoms. The first-order valence-corrected chi connectivity index (χ1v) is 6.44. The molecule has 0 saturated heterocycles. The topological polar surface area (TPSA) is 20.3 Å². The quantitative estimate of drug-likeness (QED) is 0.778. The normalized spacial score (nSPS) is 17.1. The van der Waals surface area contributed by atoms with Crippen molar-refractivity contribution in [2.75, 3.05) is 4.90 Å². The van der Waals surface area contributed by atoms with E-state index < -0.39 is 17.5 Å². The third kappa shape index (κ3) is 1.97. The van der Waals surface area contributed by atoms with E-state index in [4.69, 9.17) is 0 Å². The van der Waals surface area contributed by atoms with E-state index in [1.54, 1.807) is 4.90 Å². The summed E-state index contributed by atoms with van der Waals surface area (Å²) < 4.78 is 26.7. The molecule has 0 saturated carbocycles. The number of amides is 1. The number of fused-ring (bicyclic) bond motifs is 1. The first-order valence-electron chi connectivity index (χ1n) is 6.44. The van der Waals surface area contributed by atoms with Gasteiger partial charge in [-0.25, -0.2) is 8.78 Å². The number of rotatable bonds is 1. The highest BCUT2D eigenvalue weighted by atomic mass is 19.1. The van der Waals surface area contributed by atoms with Crippen molar-refractivity contribution in [2.24, 2.45) is 0 Å². The maximum Gasteiger partial charge on any atom is 0.261 e. The average molecular weight is 273 g/mol. The zero-order chi connectivity index (χ0) is 14.3. The van der Waals surface area contributed by atoms with Crippen molar-refractivity contribution < 1.29 is 13.6 Å². The molecule has 0 N–H and O–H groups in total. The van der Waals surface area contributed by atoms with E-state index in [0.29, 0.717) is 0 Å². The lowest BCUT2D eigenvalue weighted by molar-refractivity contribution is 0.0977. The molecule has 2 nitrogen and oxygen atoms in total. The van der Waals surface area contributed by atoms with Gasteiger partial charge in [0.05, 0.1) is 5.56 Å². The fourth-order valence-corrected chi connectivity index (χ4v) is 2.67. The van der Waals surface area contributed by atoms with E-state index in [0.717, 1.165) is 29.8 Å². The Morgan fingerprint density at radius 2 is 1.95 bits per heavy atom. The van der Waals surface area contributed by atoms with Crippen LogP contribution in [0.5, 0.6) is 0 Å². The zero-order valence-electron chi connectivity index (χ0n) is 10.9. The lowest BCUT2D eigenvalue weighted by Gasteiger charge is -2.23. The summed E-state index contributed by atoms with van der Waals surface area (Å²) in [6, 6.07) is 10.6. The minimum Gasteiger partial charge on any atom is -0.305 e. The Morgan fingerprint density at radius 1 is 1.20 bits per heavy atom. The van der Waals surface area contributed by atoms with Gasteiger partial charge >= 0.3 is 0 Å². The van der Waals surface area contributed by atoms with Crippen molar-refractivity contribution in [2.45, 2.75) is 19.4 Å². The van der Waals surface area contributed by atoms with Crippen LogP contribution < -0.4 is 4.90 Å². The average Bonchev–Trinajstić information content (AvgIpc) is 2.73. The molecule has 2 aromatic rings. The summed E-state index contributed by atoms with van der Waals surface area (Å²) >= 11 is 0. The van der Waals surface area contributed by atoms with E-state index >= 15 is 0 Å². The summed E-state index contributed by atoms with van der Waals surface area (Å²) in [5.74, 6) is -1.94. The number of carbonyl (C=O) groups is 1. The lowest BCUT2D eigenvalue weighted by Crippen LogP contribution is -2.36. The van der Waals surface area contributed by atoms with Gasteiger partial charge in [0.15, 0.2) is 0 Å². The third-order valence-electron chi connectivity index (χ3n) is 3.59. The van der Waals surface area contributed by atoms with E-state index in [9.17, 15) is 13.6 Å². The van der Waals surface area contributed by atoms with Crippen LogP contribution in [0.2, 0.25) is 0 Å². The second kappa shape index (κ2) is 4.71. The summed E-state index contributed by atoms with van der Waals surface area (Å²) in [6.45, 7) is 1.92. The Morgan fingerprint density at radius 3 is 2.70 bits per heavy atom. The van der Waals surface area contributed by atoms with Gasteiger partial charge in [-0.05, 0) is 37.1 Å². The Hall–Kier alpha value is -2.23. The summed E-state index contributed by atoms with van der Waals surface area (Å²) in [5, 5.41) is 0. The molecule has 0 aromatic heterocycles. The molecule has 3 rings (SSSR count). The number of hydrogen-bond donors (Lipinski definition) is 0. The van der Waals surface area contributed by atoms with Crippen LogP contribution in [-0.2, 0) is 6.42 Å². The highest BCUT2D eigenvalue weighted by Crippen LogP contribution is 2.33. The number of para-hydroxylation sites is 1. The minimum absolute atomic E-state index is 0.0376. The van der Waals surface area contributed by atoms with Gasteiger partial charge in [0.2, 0.25) is 0 Å². The molecule has 0 spiro atoms. The SMILES string of the molecule is C[C@H]1Cc2ccccc2N1C(=O)c1ccc(F)cc1F. The molecule has 1 amide bonds. The van der Waals surface area contributed by atoms with Crippen molar-refractivity contribution in [3.05, 3.63) is 65.2 Å². The molecular weight excluding hydrogens is 260 g/mol. The van der Waals surface area contributed by atoms with Gasteiger partial charge in [-0.3, -0.25) is 4.79 Å². The zero-order valence-corrected chi connectivity index (χ0v) is 10.9. The van der Waals surface area contributed by atoms with Gasteiger partial charge in [0.1, 0.15) is 11.6 Å². The highest BCUT2D eigenvalue weighted by Gasteiger charge is 2.32. The summed E-state index contributed by atoms with van der Waals surface area (Å²) in [4.78, 5) is 14.1. The van der Waals surface area contributed by atoms with Gasteiger partial charge in [0.25, 0.3) is 5.91 Å². The maximum absolute atomic E-state index is 13.8. The number of anilines is 1. The van der Waals surface area contributed by atoms with Gasteiger partial charge < -0.3 is 4.90 Å². The van der Waals surface area contributed by atoms with Crippen LogP contribution in [0.1, 0.15) is 22.8 Å². The Labute approximate surface area is 115 Å². The summed E-state index contributed by atoms with van der Waals surface area (Å²) in [5.41, 5.74) is 1.76. The smallest absolute Gasteiger partial charge is 0.261 e. The van der Waals surface area contributed by atoms with Gasteiger partial charge in [-0.2, -0.15) is 0 Å². The monoisotopic (exact) mass is 273 g/mol. The molecule has 4 heteroatoms. The van der Waals surface area contributed by atoms with Crippen molar-refractivity contribution in [1.82, 2.24) is 0 Å². The van der Waals surface area contributed by atoms with Crippen LogP contribution in [0.15, 0.2) is 42.5 Å². The maximum atomic E-state index is 13.8. The molecule has 0 fully saturated rings. The molecule has 1 heterocycles. The van der Waals surface area contributed by atoms with Crippen LogP contribution in [0.3, 0.4) is 0 Å². The van der Waals surface area contributed by atoms with Crippen molar-refractivity contribution in [1.29, 1.82) is 0 Å².